The Bertz CT molecular complexity index is 1060. The van der Waals surface area contributed by atoms with Crippen LogP contribution in [-0.4, -0.2) is 20.9 Å². The number of aromatic nitrogens is 3. The first kappa shape index (κ1) is 17.1. The highest BCUT2D eigenvalue weighted by molar-refractivity contribution is 7.14. The Morgan fingerprint density at radius 3 is 2.33 bits per heavy atom. The van der Waals surface area contributed by atoms with Crippen molar-refractivity contribution in [2.75, 3.05) is 5.32 Å². The van der Waals surface area contributed by atoms with E-state index in [0.29, 0.717) is 16.5 Å². The van der Waals surface area contributed by atoms with Gasteiger partial charge < -0.3 is 0 Å². The summed E-state index contributed by atoms with van der Waals surface area (Å²) in [5, 5.41) is 5.28. The highest BCUT2D eigenvalue weighted by Gasteiger charge is 2.11. The number of hydrogen-bond donors (Lipinski definition) is 1. The third-order valence-corrected chi connectivity index (χ3v) is 4.78. The van der Waals surface area contributed by atoms with Crippen LogP contribution in [0.4, 0.5) is 5.13 Å². The van der Waals surface area contributed by atoms with E-state index in [2.05, 4.69) is 20.3 Å². The summed E-state index contributed by atoms with van der Waals surface area (Å²) >= 11 is 1.39. The molecule has 0 aliphatic rings. The summed E-state index contributed by atoms with van der Waals surface area (Å²) in [7, 11) is 0. The molecule has 132 valence electrons. The smallest absolute Gasteiger partial charge is 0.260 e. The van der Waals surface area contributed by atoms with Crippen molar-refractivity contribution >= 4 is 22.4 Å². The summed E-state index contributed by atoms with van der Waals surface area (Å²) in [5.74, 6) is 0.308. The summed E-state index contributed by atoms with van der Waals surface area (Å²) in [6, 6.07) is 17.8. The predicted octanol–water partition coefficient (Wildman–Crippen LogP) is 4.83. The van der Waals surface area contributed by atoms with Crippen molar-refractivity contribution in [1.82, 2.24) is 15.0 Å². The molecule has 2 aromatic heterocycles. The number of nitrogens with one attached hydrogen (secondary N) is 1. The average molecular weight is 372 g/mol. The minimum absolute atomic E-state index is 0.278. The Kier molecular flexibility index (Phi) is 4.72. The summed E-state index contributed by atoms with van der Waals surface area (Å²) in [6.45, 7) is 2.04. The van der Waals surface area contributed by atoms with Gasteiger partial charge in [0.15, 0.2) is 11.0 Å². The number of anilines is 1. The van der Waals surface area contributed by atoms with E-state index < -0.39 is 0 Å². The van der Waals surface area contributed by atoms with Gasteiger partial charge in [-0.05, 0) is 6.92 Å². The molecule has 0 radical (unpaired) electrons. The van der Waals surface area contributed by atoms with E-state index in [1.54, 1.807) is 0 Å². The molecule has 0 fully saturated rings. The van der Waals surface area contributed by atoms with Crippen molar-refractivity contribution in [2.45, 2.75) is 6.92 Å². The van der Waals surface area contributed by atoms with Gasteiger partial charge >= 0.3 is 0 Å². The van der Waals surface area contributed by atoms with Crippen LogP contribution in [0.5, 0.6) is 0 Å². The van der Waals surface area contributed by atoms with Crippen molar-refractivity contribution in [3.05, 3.63) is 83.5 Å². The van der Waals surface area contributed by atoms with Crippen LogP contribution in [0.2, 0.25) is 0 Å². The zero-order valence-electron chi connectivity index (χ0n) is 14.6. The molecule has 0 saturated heterocycles. The van der Waals surface area contributed by atoms with Crippen molar-refractivity contribution < 1.29 is 4.79 Å². The maximum atomic E-state index is 12.4. The molecule has 6 heteroatoms. The van der Waals surface area contributed by atoms with E-state index in [4.69, 9.17) is 0 Å². The first-order chi connectivity index (χ1) is 13.2. The van der Waals surface area contributed by atoms with E-state index in [1.165, 1.54) is 29.3 Å². The maximum Gasteiger partial charge on any atom is 0.260 e. The quantitative estimate of drug-likeness (QED) is 0.557. The van der Waals surface area contributed by atoms with Crippen molar-refractivity contribution in [3.8, 4) is 22.6 Å². The fourth-order valence-electron chi connectivity index (χ4n) is 2.54. The van der Waals surface area contributed by atoms with Crippen molar-refractivity contribution in [1.29, 1.82) is 0 Å². The average Bonchev–Trinajstić information content (AvgIpc) is 3.18. The first-order valence-corrected chi connectivity index (χ1v) is 9.28. The van der Waals surface area contributed by atoms with Gasteiger partial charge in [-0.2, -0.15) is 0 Å². The van der Waals surface area contributed by atoms with Crippen LogP contribution in [0.15, 0.2) is 72.4 Å². The van der Waals surface area contributed by atoms with Crippen LogP contribution in [0.3, 0.4) is 0 Å². The van der Waals surface area contributed by atoms with Gasteiger partial charge in [0.25, 0.3) is 5.91 Å². The number of nitrogens with zero attached hydrogens (tertiary/aromatic N) is 3. The van der Waals surface area contributed by atoms with Gasteiger partial charge in [0.1, 0.15) is 0 Å². The van der Waals surface area contributed by atoms with Crippen LogP contribution >= 0.6 is 11.3 Å². The lowest BCUT2D eigenvalue weighted by Gasteiger charge is -2.03. The molecule has 0 saturated carbocycles. The number of aryl methyl sites for hydroxylation is 1. The molecule has 1 amide bonds. The Morgan fingerprint density at radius 1 is 0.926 bits per heavy atom. The van der Waals surface area contributed by atoms with Crippen molar-refractivity contribution in [3.63, 3.8) is 0 Å². The number of carbonyl (C=O) groups is 1. The number of amides is 1. The molecule has 4 rings (SSSR count). The maximum absolute atomic E-state index is 12.4. The van der Waals surface area contributed by atoms with Gasteiger partial charge in [-0.15, -0.1) is 11.3 Å². The SMILES string of the molecule is Cc1ccc(-c2csc(NC(=O)c3cnc(-c4ccccc4)nc3)n2)cc1. The van der Waals surface area contributed by atoms with Gasteiger partial charge in [-0.3, -0.25) is 10.1 Å². The second-order valence-corrected chi connectivity index (χ2v) is 6.88. The molecular weight excluding hydrogens is 356 g/mol. The number of thiazole rings is 1. The summed E-state index contributed by atoms with van der Waals surface area (Å²) < 4.78 is 0. The first-order valence-electron chi connectivity index (χ1n) is 8.40. The molecule has 5 nitrogen and oxygen atoms in total. The van der Waals surface area contributed by atoms with Crippen LogP contribution in [0.25, 0.3) is 22.6 Å². The molecule has 4 aromatic rings. The molecule has 27 heavy (non-hydrogen) atoms. The number of carbonyl (C=O) groups excluding carboxylic acids is 1. The molecule has 0 aliphatic heterocycles. The predicted molar refractivity (Wildman–Crippen MR) is 108 cm³/mol. The Balaban J connectivity index is 1.47. The Hall–Kier alpha value is -3.38. The van der Waals surface area contributed by atoms with Crippen LogP contribution in [-0.2, 0) is 0 Å². The highest BCUT2D eigenvalue weighted by atomic mass is 32.1. The summed E-state index contributed by atoms with van der Waals surface area (Å²) in [4.78, 5) is 25.5. The Labute approximate surface area is 160 Å². The molecule has 0 unspecified atom stereocenters. The summed E-state index contributed by atoms with van der Waals surface area (Å²) in [5.41, 5.74) is 4.36. The second-order valence-electron chi connectivity index (χ2n) is 6.02. The zero-order chi connectivity index (χ0) is 18.6. The van der Waals surface area contributed by atoms with E-state index in [0.717, 1.165) is 16.8 Å². The van der Waals surface area contributed by atoms with Crippen LogP contribution in [0.1, 0.15) is 15.9 Å². The summed E-state index contributed by atoms with van der Waals surface area (Å²) in [6.07, 6.45) is 3.05. The topological polar surface area (TPSA) is 67.8 Å². The highest BCUT2D eigenvalue weighted by Crippen LogP contribution is 2.25. The Morgan fingerprint density at radius 2 is 1.63 bits per heavy atom. The lowest BCUT2D eigenvalue weighted by molar-refractivity contribution is 0.102. The second kappa shape index (κ2) is 7.47. The van der Waals surface area contributed by atoms with Gasteiger partial charge in [0, 0.05) is 28.9 Å². The standard InChI is InChI=1S/C21H16N4OS/c1-14-7-9-15(10-8-14)18-13-27-21(24-18)25-20(26)17-11-22-19(23-12-17)16-5-3-2-4-6-16/h2-13H,1H3,(H,24,25,26). The van der Waals surface area contributed by atoms with Gasteiger partial charge in [0.2, 0.25) is 0 Å². The monoisotopic (exact) mass is 372 g/mol. The molecule has 2 heterocycles. The normalized spacial score (nSPS) is 10.6. The number of benzene rings is 2. The van der Waals surface area contributed by atoms with Crippen LogP contribution in [0, 0.1) is 6.92 Å². The molecule has 0 spiro atoms. The molecule has 2 aromatic carbocycles. The molecule has 0 aliphatic carbocycles. The van der Waals surface area contributed by atoms with Gasteiger partial charge in [-0.25, -0.2) is 15.0 Å². The fraction of sp³-hybridized carbons (Fsp3) is 0.0476. The van der Waals surface area contributed by atoms with Crippen LogP contribution < -0.4 is 5.32 Å². The molecule has 0 atom stereocenters. The lowest BCUT2D eigenvalue weighted by atomic mass is 10.1. The fourth-order valence-corrected chi connectivity index (χ4v) is 3.25. The minimum atomic E-state index is -0.278. The number of rotatable bonds is 4. The molecular formula is C21H16N4OS. The molecule has 1 N–H and O–H groups in total. The van der Waals surface area contributed by atoms with Gasteiger partial charge in [-0.1, -0.05) is 60.2 Å². The largest absolute Gasteiger partial charge is 0.298 e. The van der Waals surface area contributed by atoms with E-state index in [9.17, 15) is 4.79 Å². The van der Waals surface area contributed by atoms with Crippen molar-refractivity contribution in [2.24, 2.45) is 0 Å². The lowest BCUT2D eigenvalue weighted by Crippen LogP contribution is -2.12. The van der Waals surface area contributed by atoms with Gasteiger partial charge in [0.05, 0.1) is 11.3 Å². The third kappa shape index (κ3) is 3.91. The molecule has 0 bridgehead atoms. The minimum Gasteiger partial charge on any atom is -0.298 e. The number of hydrogen-bond acceptors (Lipinski definition) is 5. The third-order valence-electron chi connectivity index (χ3n) is 4.02. The van der Waals surface area contributed by atoms with E-state index >= 15 is 0 Å². The van der Waals surface area contributed by atoms with E-state index in [-0.39, 0.29) is 5.91 Å². The zero-order valence-corrected chi connectivity index (χ0v) is 15.4. The van der Waals surface area contributed by atoms with E-state index in [1.807, 2.05) is 66.9 Å².